The van der Waals surface area contributed by atoms with E-state index in [1.807, 2.05) is 0 Å². The van der Waals surface area contributed by atoms with Gasteiger partial charge in [0, 0.05) is 10.8 Å². The Labute approximate surface area is 135 Å². The molecule has 1 amide bonds. The summed E-state index contributed by atoms with van der Waals surface area (Å²) in [5.74, 6) is 0.469. The van der Waals surface area contributed by atoms with E-state index in [0.717, 1.165) is 12.8 Å². The first-order chi connectivity index (χ1) is 10.8. The summed E-state index contributed by atoms with van der Waals surface area (Å²) in [6.45, 7) is 0. The molecule has 2 nitrogen and oxygen atoms in total. The van der Waals surface area contributed by atoms with Crippen LogP contribution in [0.25, 0.3) is 0 Å². The van der Waals surface area contributed by atoms with Crippen molar-refractivity contribution in [1.82, 2.24) is 5.32 Å². The van der Waals surface area contributed by atoms with Crippen LogP contribution in [0.3, 0.4) is 0 Å². The van der Waals surface area contributed by atoms with Crippen molar-refractivity contribution in [3.8, 4) is 0 Å². The number of aryl methyl sites for hydroxylation is 2. The molecule has 4 rings (SSSR count). The first kappa shape index (κ1) is 14.0. The molecule has 1 N–H and O–H groups in total. The fourth-order valence-corrected chi connectivity index (χ4v) is 4.12. The van der Waals surface area contributed by atoms with Gasteiger partial charge in [-0.2, -0.15) is 0 Å². The minimum atomic E-state index is 0.0142. The Hall–Kier alpha value is -1.61. The quantitative estimate of drug-likeness (QED) is 0.899. The van der Waals surface area contributed by atoms with E-state index in [1.54, 1.807) is 11.3 Å². The number of thiophene rings is 1. The van der Waals surface area contributed by atoms with Gasteiger partial charge < -0.3 is 5.32 Å². The highest BCUT2D eigenvalue weighted by molar-refractivity contribution is 7.10. The minimum Gasteiger partial charge on any atom is -0.344 e. The molecule has 1 fully saturated rings. The third kappa shape index (κ3) is 2.82. The summed E-state index contributed by atoms with van der Waals surface area (Å²) in [5.41, 5.74) is 4.21. The molecule has 1 aromatic carbocycles. The van der Waals surface area contributed by atoms with Crippen LogP contribution < -0.4 is 5.32 Å². The molecule has 0 unspecified atom stereocenters. The van der Waals surface area contributed by atoms with Gasteiger partial charge in [-0.25, -0.2) is 0 Å². The average molecular weight is 311 g/mol. The molecule has 1 atom stereocenters. The van der Waals surface area contributed by atoms with Gasteiger partial charge in [-0.15, -0.1) is 11.3 Å². The Kier molecular flexibility index (Phi) is 3.75. The van der Waals surface area contributed by atoms with E-state index in [1.165, 1.54) is 47.3 Å². The maximum Gasteiger partial charge on any atom is 0.223 e. The molecule has 114 valence electrons. The molecular weight excluding hydrogens is 290 g/mol. The van der Waals surface area contributed by atoms with Crippen molar-refractivity contribution in [2.45, 2.75) is 44.6 Å². The first-order valence-electron chi connectivity index (χ1n) is 8.27. The van der Waals surface area contributed by atoms with E-state index >= 15 is 0 Å². The molecule has 2 aliphatic rings. The van der Waals surface area contributed by atoms with E-state index in [0.29, 0.717) is 0 Å². The fourth-order valence-electron chi connectivity index (χ4n) is 3.31. The Morgan fingerprint density at radius 3 is 2.68 bits per heavy atom. The molecule has 0 aliphatic heterocycles. The van der Waals surface area contributed by atoms with Gasteiger partial charge in [0.2, 0.25) is 5.91 Å². The topological polar surface area (TPSA) is 29.1 Å². The molecule has 22 heavy (non-hydrogen) atoms. The van der Waals surface area contributed by atoms with Gasteiger partial charge in [0.25, 0.3) is 0 Å². The van der Waals surface area contributed by atoms with Crippen molar-refractivity contribution in [3.63, 3.8) is 0 Å². The first-order valence-corrected chi connectivity index (χ1v) is 9.15. The highest BCUT2D eigenvalue weighted by Gasteiger charge is 2.32. The fraction of sp³-hybridized carbons (Fsp3) is 0.421. The number of carbonyl (C=O) groups excluding carboxylic acids is 1. The zero-order chi connectivity index (χ0) is 14.9. The van der Waals surface area contributed by atoms with Gasteiger partial charge in [-0.1, -0.05) is 24.3 Å². The summed E-state index contributed by atoms with van der Waals surface area (Å²) in [5, 5.41) is 5.36. The lowest BCUT2D eigenvalue weighted by molar-refractivity contribution is -0.122. The van der Waals surface area contributed by atoms with E-state index in [4.69, 9.17) is 0 Å². The van der Waals surface area contributed by atoms with Crippen LogP contribution in [0.4, 0.5) is 0 Å². The van der Waals surface area contributed by atoms with Gasteiger partial charge >= 0.3 is 0 Å². The Morgan fingerprint density at radius 1 is 1.14 bits per heavy atom. The van der Waals surface area contributed by atoms with Crippen molar-refractivity contribution in [2.24, 2.45) is 5.92 Å². The number of benzene rings is 1. The third-order valence-corrected chi connectivity index (χ3v) is 5.71. The number of fused-ring (bicyclic) bond motifs is 1. The van der Waals surface area contributed by atoms with Crippen molar-refractivity contribution in [3.05, 3.63) is 57.3 Å². The van der Waals surface area contributed by atoms with Crippen molar-refractivity contribution < 1.29 is 4.79 Å². The van der Waals surface area contributed by atoms with Gasteiger partial charge in [0.05, 0.1) is 6.04 Å². The zero-order valence-electron chi connectivity index (χ0n) is 12.7. The van der Waals surface area contributed by atoms with Crippen molar-refractivity contribution in [1.29, 1.82) is 0 Å². The number of rotatable bonds is 4. The molecule has 0 spiro atoms. The molecule has 0 bridgehead atoms. The van der Waals surface area contributed by atoms with Gasteiger partial charge in [-0.05, 0) is 66.7 Å². The van der Waals surface area contributed by atoms with E-state index < -0.39 is 0 Å². The second kappa shape index (κ2) is 5.88. The second-order valence-corrected chi connectivity index (χ2v) is 7.45. The molecule has 1 aromatic heterocycles. The average Bonchev–Trinajstić information content (AvgIpc) is 3.27. The molecule has 2 aromatic rings. The molecule has 1 saturated carbocycles. The molecule has 1 heterocycles. The molecule has 0 saturated heterocycles. The smallest absolute Gasteiger partial charge is 0.223 e. The van der Waals surface area contributed by atoms with Gasteiger partial charge in [-0.3, -0.25) is 4.79 Å². The predicted octanol–water partition coefficient (Wildman–Crippen LogP) is 4.24. The molecule has 3 heteroatoms. The normalized spacial score (nSPS) is 18.5. The minimum absolute atomic E-state index is 0.0142. The predicted molar refractivity (Wildman–Crippen MR) is 90.1 cm³/mol. The van der Waals surface area contributed by atoms with Crippen LogP contribution in [-0.4, -0.2) is 5.91 Å². The summed E-state index contributed by atoms with van der Waals surface area (Å²) in [6.07, 6.45) is 7.07. The molecule has 0 radical (unpaired) electrons. The van der Waals surface area contributed by atoms with Crippen molar-refractivity contribution >= 4 is 17.2 Å². The summed E-state index contributed by atoms with van der Waals surface area (Å²) in [7, 11) is 0. The van der Waals surface area contributed by atoms with Crippen LogP contribution in [0.1, 0.15) is 53.3 Å². The lowest BCUT2D eigenvalue weighted by Gasteiger charge is -2.22. The summed E-state index contributed by atoms with van der Waals surface area (Å²) in [4.78, 5) is 13.5. The number of hydrogen-bond donors (Lipinski definition) is 1. The van der Waals surface area contributed by atoms with Crippen LogP contribution in [-0.2, 0) is 17.6 Å². The summed E-state index contributed by atoms with van der Waals surface area (Å²) >= 11 is 1.72. The Balaban J connectivity index is 1.65. The summed E-state index contributed by atoms with van der Waals surface area (Å²) < 4.78 is 0. The van der Waals surface area contributed by atoms with E-state index in [9.17, 15) is 4.79 Å². The van der Waals surface area contributed by atoms with E-state index in [2.05, 4.69) is 41.0 Å². The molecular formula is C19H21NOS. The highest BCUT2D eigenvalue weighted by atomic mass is 32.1. The van der Waals surface area contributed by atoms with Gasteiger partial charge in [0.15, 0.2) is 0 Å². The Morgan fingerprint density at radius 2 is 1.95 bits per heavy atom. The second-order valence-electron chi connectivity index (χ2n) is 6.47. The lowest BCUT2D eigenvalue weighted by atomic mass is 9.89. The van der Waals surface area contributed by atoms with Crippen molar-refractivity contribution in [2.75, 3.05) is 0 Å². The maximum absolute atomic E-state index is 12.3. The van der Waals surface area contributed by atoms with Gasteiger partial charge in [0.1, 0.15) is 0 Å². The maximum atomic E-state index is 12.3. The SMILES string of the molecule is O=C(N[C@H](c1ccc2c(c1)CCCC2)c1cccs1)C1CC1. The number of amides is 1. The number of carbonyl (C=O) groups is 1. The van der Waals surface area contributed by atoms with Crippen LogP contribution in [0.5, 0.6) is 0 Å². The number of nitrogens with one attached hydrogen (secondary N) is 1. The summed E-state index contributed by atoms with van der Waals surface area (Å²) in [6, 6.07) is 11.0. The lowest BCUT2D eigenvalue weighted by Crippen LogP contribution is -2.30. The Bertz CT molecular complexity index is 673. The highest BCUT2D eigenvalue weighted by Crippen LogP contribution is 2.33. The number of hydrogen-bond acceptors (Lipinski definition) is 2. The van der Waals surface area contributed by atoms with Crippen LogP contribution in [0, 0.1) is 5.92 Å². The van der Waals surface area contributed by atoms with Crippen LogP contribution in [0.15, 0.2) is 35.7 Å². The monoisotopic (exact) mass is 311 g/mol. The van der Waals surface area contributed by atoms with E-state index in [-0.39, 0.29) is 17.9 Å². The third-order valence-electron chi connectivity index (χ3n) is 4.77. The standard InChI is InChI=1S/C19H21NOS/c21-19(14-8-9-14)20-18(17-6-3-11-22-17)16-10-7-13-4-1-2-5-15(13)12-16/h3,6-7,10-12,14,18H,1-2,4-5,8-9H2,(H,20,21)/t18-/m1/s1. The zero-order valence-corrected chi connectivity index (χ0v) is 13.5. The molecule has 2 aliphatic carbocycles. The van der Waals surface area contributed by atoms with Crippen LogP contribution in [0.2, 0.25) is 0 Å². The largest absolute Gasteiger partial charge is 0.344 e. The van der Waals surface area contributed by atoms with Crippen LogP contribution >= 0.6 is 11.3 Å².